The molecule has 0 fully saturated rings. The SMILES string of the molecule is O[C@@H](CSc1nnc2c(Cl)cc(C(F)(F)F)cn12)C(F)(F)F. The molecule has 2 aromatic rings. The highest BCUT2D eigenvalue weighted by atomic mass is 35.5. The van der Waals surface area contributed by atoms with E-state index in [4.69, 9.17) is 16.7 Å². The van der Waals surface area contributed by atoms with E-state index in [9.17, 15) is 26.3 Å². The Morgan fingerprint density at radius 1 is 1.23 bits per heavy atom. The van der Waals surface area contributed by atoms with Crippen molar-refractivity contribution in [3.8, 4) is 0 Å². The molecular weight excluding hydrogens is 360 g/mol. The Bertz CT molecular complexity index is 686. The molecule has 0 spiro atoms. The highest BCUT2D eigenvalue weighted by molar-refractivity contribution is 7.99. The Kier molecular flexibility index (Phi) is 4.51. The summed E-state index contributed by atoms with van der Waals surface area (Å²) in [5.74, 6) is -0.835. The van der Waals surface area contributed by atoms with Gasteiger partial charge in [0, 0.05) is 11.9 Å². The minimum absolute atomic E-state index is 0.126. The highest BCUT2D eigenvalue weighted by Crippen LogP contribution is 2.33. The van der Waals surface area contributed by atoms with Crippen LogP contribution in [0.25, 0.3) is 5.65 Å². The number of fused-ring (bicyclic) bond motifs is 1. The zero-order chi connectivity index (χ0) is 16.7. The number of aliphatic hydroxyl groups is 1. The van der Waals surface area contributed by atoms with Crippen molar-refractivity contribution in [2.24, 2.45) is 0 Å². The second-order valence-electron chi connectivity index (χ2n) is 4.12. The maximum atomic E-state index is 12.7. The maximum Gasteiger partial charge on any atom is 0.417 e. The van der Waals surface area contributed by atoms with Crippen molar-refractivity contribution in [2.45, 2.75) is 23.6 Å². The van der Waals surface area contributed by atoms with Crippen molar-refractivity contribution in [1.29, 1.82) is 0 Å². The Morgan fingerprint density at radius 2 is 1.86 bits per heavy atom. The summed E-state index contributed by atoms with van der Waals surface area (Å²) in [4.78, 5) is 0. The molecule has 1 N–H and O–H groups in total. The van der Waals surface area contributed by atoms with E-state index in [1.165, 1.54) is 0 Å². The number of hydrogen-bond donors (Lipinski definition) is 1. The first-order valence-electron chi connectivity index (χ1n) is 5.49. The van der Waals surface area contributed by atoms with Gasteiger partial charge in [-0.15, -0.1) is 10.2 Å². The van der Waals surface area contributed by atoms with E-state index in [0.717, 1.165) is 4.40 Å². The molecule has 0 saturated carbocycles. The number of rotatable bonds is 3. The second kappa shape index (κ2) is 5.78. The fourth-order valence-corrected chi connectivity index (χ4v) is 2.55. The molecule has 12 heteroatoms. The Labute approximate surface area is 128 Å². The number of aliphatic hydroxyl groups excluding tert-OH is 1. The monoisotopic (exact) mass is 365 g/mol. The summed E-state index contributed by atoms with van der Waals surface area (Å²) in [6.07, 6.45) is -11.5. The van der Waals surface area contributed by atoms with Gasteiger partial charge in [0.15, 0.2) is 16.9 Å². The smallest absolute Gasteiger partial charge is 0.383 e. The second-order valence-corrected chi connectivity index (χ2v) is 5.51. The average Bonchev–Trinajstić information content (AvgIpc) is 2.77. The van der Waals surface area contributed by atoms with Crippen molar-refractivity contribution in [1.82, 2.24) is 14.6 Å². The van der Waals surface area contributed by atoms with E-state index < -0.39 is 29.8 Å². The number of aromatic nitrogens is 3. The van der Waals surface area contributed by atoms with Gasteiger partial charge < -0.3 is 5.11 Å². The van der Waals surface area contributed by atoms with Gasteiger partial charge in [-0.1, -0.05) is 23.4 Å². The molecule has 0 aromatic carbocycles. The lowest BCUT2D eigenvalue weighted by atomic mass is 10.3. The molecule has 0 bridgehead atoms. The third-order valence-electron chi connectivity index (χ3n) is 2.50. The standard InChI is InChI=1S/C10H6ClF6N3OS/c11-5-1-4(9(12,13)14)2-20-7(5)18-19-8(20)22-3-6(21)10(15,16)17/h1-2,6,21H,3H2/t6-/m0/s1. The molecule has 22 heavy (non-hydrogen) atoms. The van der Waals surface area contributed by atoms with Gasteiger partial charge in [0.1, 0.15) is 0 Å². The van der Waals surface area contributed by atoms with Crippen LogP contribution in [-0.2, 0) is 6.18 Å². The molecule has 2 aromatic heterocycles. The number of pyridine rings is 1. The molecule has 0 radical (unpaired) electrons. The summed E-state index contributed by atoms with van der Waals surface area (Å²) in [7, 11) is 0. The van der Waals surface area contributed by atoms with E-state index in [0.29, 0.717) is 24.0 Å². The van der Waals surface area contributed by atoms with E-state index in [-0.39, 0.29) is 15.8 Å². The number of hydrogen-bond acceptors (Lipinski definition) is 4. The molecule has 0 amide bonds. The predicted octanol–water partition coefficient (Wildman–Crippen LogP) is 3.42. The van der Waals surface area contributed by atoms with Crippen LogP contribution in [0.1, 0.15) is 5.56 Å². The van der Waals surface area contributed by atoms with Crippen molar-refractivity contribution in [2.75, 3.05) is 5.75 Å². The van der Waals surface area contributed by atoms with Gasteiger partial charge in [0.05, 0.1) is 10.6 Å². The summed E-state index contributed by atoms with van der Waals surface area (Å²) in [6.45, 7) is 0. The Hall–Kier alpha value is -1.20. The number of nitrogens with zero attached hydrogens (tertiary/aromatic N) is 3. The van der Waals surface area contributed by atoms with Crippen LogP contribution in [0.15, 0.2) is 17.4 Å². The van der Waals surface area contributed by atoms with Crippen LogP contribution in [0.3, 0.4) is 0 Å². The molecule has 0 aliphatic carbocycles. The van der Waals surface area contributed by atoms with Crippen molar-refractivity contribution in [3.05, 3.63) is 22.8 Å². The zero-order valence-corrected chi connectivity index (χ0v) is 11.9. The molecule has 2 rings (SSSR count). The average molecular weight is 366 g/mol. The molecule has 0 aliphatic rings. The van der Waals surface area contributed by atoms with Gasteiger partial charge >= 0.3 is 12.4 Å². The van der Waals surface area contributed by atoms with Crippen molar-refractivity contribution >= 4 is 29.0 Å². The van der Waals surface area contributed by atoms with Crippen molar-refractivity contribution < 1.29 is 31.4 Å². The molecule has 122 valence electrons. The Morgan fingerprint density at radius 3 is 2.41 bits per heavy atom. The van der Waals surface area contributed by atoms with Gasteiger partial charge in [-0.2, -0.15) is 26.3 Å². The quantitative estimate of drug-likeness (QED) is 0.669. The third kappa shape index (κ3) is 3.58. The van der Waals surface area contributed by atoms with Gasteiger partial charge in [0.2, 0.25) is 0 Å². The van der Waals surface area contributed by atoms with Gasteiger partial charge in [-0.3, -0.25) is 4.40 Å². The summed E-state index contributed by atoms with van der Waals surface area (Å²) < 4.78 is 75.5. The third-order valence-corrected chi connectivity index (χ3v) is 3.80. The van der Waals surface area contributed by atoms with Crippen LogP contribution in [0.2, 0.25) is 5.02 Å². The highest BCUT2D eigenvalue weighted by Gasteiger charge is 2.38. The van der Waals surface area contributed by atoms with Crippen LogP contribution in [0.5, 0.6) is 0 Å². The van der Waals surface area contributed by atoms with E-state index >= 15 is 0 Å². The normalized spacial score (nSPS) is 14.5. The minimum atomic E-state index is -4.83. The lowest BCUT2D eigenvalue weighted by Gasteiger charge is -2.13. The first kappa shape index (κ1) is 17.2. The molecule has 0 saturated heterocycles. The van der Waals surface area contributed by atoms with Crippen LogP contribution in [0, 0.1) is 0 Å². The van der Waals surface area contributed by atoms with Crippen molar-refractivity contribution in [3.63, 3.8) is 0 Å². The summed E-state index contributed by atoms with van der Waals surface area (Å²) >= 11 is 6.07. The topological polar surface area (TPSA) is 50.4 Å². The van der Waals surface area contributed by atoms with Crippen LogP contribution < -0.4 is 0 Å². The minimum Gasteiger partial charge on any atom is -0.383 e. The van der Waals surface area contributed by atoms with E-state index in [1.54, 1.807) is 0 Å². The van der Waals surface area contributed by atoms with Crippen LogP contribution in [0.4, 0.5) is 26.3 Å². The van der Waals surface area contributed by atoms with Gasteiger partial charge in [-0.25, -0.2) is 0 Å². The summed E-state index contributed by atoms with van der Waals surface area (Å²) in [6, 6.07) is 0.643. The molecule has 0 aliphatic heterocycles. The largest absolute Gasteiger partial charge is 0.417 e. The van der Waals surface area contributed by atoms with Gasteiger partial charge in [0.25, 0.3) is 0 Å². The molecule has 1 atom stereocenters. The predicted molar refractivity (Wildman–Crippen MR) is 65.8 cm³/mol. The zero-order valence-electron chi connectivity index (χ0n) is 10.3. The lowest BCUT2D eigenvalue weighted by molar-refractivity contribution is -0.195. The lowest BCUT2D eigenvalue weighted by Crippen LogP contribution is -2.30. The fourth-order valence-electron chi connectivity index (χ4n) is 1.44. The summed E-state index contributed by atoms with van der Waals surface area (Å²) in [5.41, 5.74) is -1.22. The fraction of sp³-hybridized carbons (Fsp3) is 0.400. The number of thioether (sulfide) groups is 1. The maximum absolute atomic E-state index is 12.7. The summed E-state index contributed by atoms with van der Waals surface area (Å²) in [5, 5.41) is 15.3. The van der Waals surface area contributed by atoms with E-state index in [2.05, 4.69) is 10.2 Å². The van der Waals surface area contributed by atoms with Gasteiger partial charge in [-0.05, 0) is 6.07 Å². The molecular formula is C10H6ClF6N3OS. The van der Waals surface area contributed by atoms with Crippen LogP contribution in [-0.4, -0.2) is 37.7 Å². The van der Waals surface area contributed by atoms with E-state index in [1.807, 2.05) is 0 Å². The first-order chi connectivity index (χ1) is 10.00. The Balaban J connectivity index is 2.34. The van der Waals surface area contributed by atoms with Crippen LogP contribution >= 0.6 is 23.4 Å². The molecule has 4 nitrogen and oxygen atoms in total. The molecule has 2 heterocycles. The number of halogens is 7. The number of alkyl halides is 6. The first-order valence-corrected chi connectivity index (χ1v) is 6.85. The molecule has 0 unspecified atom stereocenters.